The number of hydrogen-bond donors (Lipinski definition) is 3. The quantitative estimate of drug-likeness (QED) is 0.423. The number of hydrogen-bond acceptors (Lipinski definition) is 4. The van der Waals surface area contributed by atoms with Gasteiger partial charge in [0.2, 0.25) is 11.8 Å². The van der Waals surface area contributed by atoms with Crippen LogP contribution in [0.5, 0.6) is 0 Å². The molecule has 0 aromatic rings. The minimum Gasteiger partial charge on any atom is -0.480 e. The second-order valence-electron chi connectivity index (χ2n) is 5.45. The molecule has 2 atom stereocenters. The molecule has 0 heterocycles. The van der Waals surface area contributed by atoms with Crippen molar-refractivity contribution in [1.82, 2.24) is 10.6 Å². The molecule has 1 aliphatic rings. The van der Waals surface area contributed by atoms with Crippen molar-refractivity contribution in [3.63, 3.8) is 0 Å². The summed E-state index contributed by atoms with van der Waals surface area (Å²) >= 11 is 0. The number of nitrogens with one attached hydrogen (secondary N) is 2. The molecular formula is C15H24N2O5. The predicted molar refractivity (Wildman–Crippen MR) is 80.1 cm³/mol. The summed E-state index contributed by atoms with van der Waals surface area (Å²) in [6.07, 6.45) is 5.23. The SMILES string of the molecule is C=CCOCC(NC(=O)C(NC(C)=O)C1CCCC1)C(=O)O. The lowest BCUT2D eigenvalue weighted by Crippen LogP contribution is -2.55. The Hall–Kier alpha value is -1.89. The molecule has 0 spiro atoms. The predicted octanol–water partition coefficient (Wildman–Crippen LogP) is 0.453. The molecular weight excluding hydrogens is 288 g/mol. The summed E-state index contributed by atoms with van der Waals surface area (Å²) in [6, 6.07) is -1.84. The van der Waals surface area contributed by atoms with Gasteiger partial charge in [-0.3, -0.25) is 9.59 Å². The molecule has 1 rings (SSSR count). The lowest BCUT2D eigenvalue weighted by atomic mass is 9.97. The zero-order chi connectivity index (χ0) is 16.5. The first-order valence-corrected chi connectivity index (χ1v) is 7.44. The molecule has 7 nitrogen and oxygen atoms in total. The fraction of sp³-hybridized carbons (Fsp3) is 0.667. The van der Waals surface area contributed by atoms with Gasteiger partial charge < -0.3 is 20.5 Å². The molecule has 0 aromatic heterocycles. The van der Waals surface area contributed by atoms with E-state index in [4.69, 9.17) is 9.84 Å². The van der Waals surface area contributed by atoms with Crippen LogP contribution in [0.4, 0.5) is 0 Å². The van der Waals surface area contributed by atoms with Gasteiger partial charge in [-0.25, -0.2) is 4.79 Å². The Kier molecular flexibility index (Phi) is 7.59. The molecule has 1 saturated carbocycles. The van der Waals surface area contributed by atoms with Gasteiger partial charge in [0.05, 0.1) is 13.2 Å². The first-order valence-electron chi connectivity index (χ1n) is 7.44. The largest absolute Gasteiger partial charge is 0.480 e. The van der Waals surface area contributed by atoms with Gasteiger partial charge in [-0.2, -0.15) is 0 Å². The first-order chi connectivity index (χ1) is 10.5. The second kappa shape index (κ2) is 9.19. The van der Waals surface area contributed by atoms with Gasteiger partial charge >= 0.3 is 5.97 Å². The molecule has 0 bridgehead atoms. The van der Waals surface area contributed by atoms with Crippen molar-refractivity contribution in [1.29, 1.82) is 0 Å². The van der Waals surface area contributed by atoms with Gasteiger partial charge in [-0.05, 0) is 18.8 Å². The van der Waals surface area contributed by atoms with Gasteiger partial charge in [0.15, 0.2) is 6.04 Å². The van der Waals surface area contributed by atoms with Crippen molar-refractivity contribution in [2.24, 2.45) is 5.92 Å². The van der Waals surface area contributed by atoms with Crippen LogP contribution in [-0.2, 0) is 19.1 Å². The molecule has 1 fully saturated rings. The van der Waals surface area contributed by atoms with Crippen LogP contribution in [0.1, 0.15) is 32.6 Å². The molecule has 1 aliphatic carbocycles. The van der Waals surface area contributed by atoms with Crippen molar-refractivity contribution < 1.29 is 24.2 Å². The molecule has 0 saturated heterocycles. The van der Waals surface area contributed by atoms with Gasteiger partial charge in [-0.15, -0.1) is 6.58 Å². The normalized spacial score (nSPS) is 17.5. The third-order valence-corrected chi connectivity index (χ3v) is 3.65. The summed E-state index contributed by atoms with van der Waals surface area (Å²) in [5, 5.41) is 14.2. The minimum atomic E-state index is -1.18. The van der Waals surface area contributed by atoms with Crippen LogP contribution in [0.3, 0.4) is 0 Å². The highest BCUT2D eigenvalue weighted by molar-refractivity contribution is 5.90. The molecule has 0 aliphatic heterocycles. The Labute approximate surface area is 130 Å². The topological polar surface area (TPSA) is 105 Å². The Morgan fingerprint density at radius 2 is 1.95 bits per heavy atom. The van der Waals surface area contributed by atoms with E-state index in [2.05, 4.69) is 17.2 Å². The zero-order valence-electron chi connectivity index (χ0n) is 12.8. The van der Waals surface area contributed by atoms with E-state index in [0.29, 0.717) is 0 Å². The van der Waals surface area contributed by atoms with E-state index in [1.807, 2.05) is 0 Å². The maximum Gasteiger partial charge on any atom is 0.328 e. The fourth-order valence-electron chi connectivity index (χ4n) is 2.61. The maximum absolute atomic E-state index is 12.3. The highest BCUT2D eigenvalue weighted by atomic mass is 16.5. The van der Waals surface area contributed by atoms with Gasteiger partial charge in [0.1, 0.15) is 6.04 Å². The molecule has 2 unspecified atom stereocenters. The summed E-state index contributed by atoms with van der Waals surface area (Å²) in [5.74, 6) is -1.91. The van der Waals surface area contributed by atoms with Crippen LogP contribution >= 0.6 is 0 Å². The lowest BCUT2D eigenvalue weighted by molar-refractivity contribution is -0.144. The molecule has 7 heteroatoms. The number of amides is 2. The number of carbonyl (C=O) groups excluding carboxylic acids is 2. The van der Waals surface area contributed by atoms with E-state index in [1.54, 1.807) is 0 Å². The molecule has 0 radical (unpaired) electrons. The van der Waals surface area contributed by atoms with Crippen molar-refractivity contribution >= 4 is 17.8 Å². The number of carbonyl (C=O) groups is 3. The molecule has 22 heavy (non-hydrogen) atoms. The van der Waals surface area contributed by atoms with Crippen LogP contribution in [-0.4, -0.2) is 48.2 Å². The monoisotopic (exact) mass is 312 g/mol. The van der Waals surface area contributed by atoms with Crippen LogP contribution in [0.2, 0.25) is 0 Å². The van der Waals surface area contributed by atoms with Crippen LogP contribution in [0.25, 0.3) is 0 Å². The number of aliphatic carboxylic acids is 1. The number of carboxylic acids is 1. The third-order valence-electron chi connectivity index (χ3n) is 3.65. The van der Waals surface area contributed by atoms with E-state index in [9.17, 15) is 14.4 Å². The Bertz CT molecular complexity index is 418. The number of carboxylic acid groups (broad SMARTS) is 1. The van der Waals surface area contributed by atoms with E-state index in [0.717, 1.165) is 25.7 Å². The van der Waals surface area contributed by atoms with Gasteiger partial charge in [0.25, 0.3) is 0 Å². The number of rotatable bonds is 9. The zero-order valence-corrected chi connectivity index (χ0v) is 12.8. The Morgan fingerprint density at radius 3 is 2.45 bits per heavy atom. The highest BCUT2D eigenvalue weighted by Crippen LogP contribution is 2.27. The summed E-state index contributed by atoms with van der Waals surface area (Å²) < 4.78 is 5.09. The van der Waals surface area contributed by atoms with Crippen molar-refractivity contribution in [3.05, 3.63) is 12.7 Å². The Balaban J connectivity index is 2.67. The van der Waals surface area contributed by atoms with E-state index in [-0.39, 0.29) is 25.0 Å². The van der Waals surface area contributed by atoms with Crippen molar-refractivity contribution in [2.75, 3.05) is 13.2 Å². The number of ether oxygens (including phenoxy) is 1. The van der Waals surface area contributed by atoms with E-state index < -0.39 is 24.0 Å². The summed E-state index contributed by atoms with van der Waals surface area (Å²) in [7, 11) is 0. The average molecular weight is 312 g/mol. The third kappa shape index (κ3) is 5.85. The summed E-state index contributed by atoms with van der Waals surface area (Å²) in [4.78, 5) is 34.8. The highest BCUT2D eigenvalue weighted by Gasteiger charge is 2.33. The van der Waals surface area contributed by atoms with E-state index >= 15 is 0 Å². The van der Waals surface area contributed by atoms with Crippen LogP contribution in [0, 0.1) is 5.92 Å². The smallest absolute Gasteiger partial charge is 0.328 e. The van der Waals surface area contributed by atoms with Crippen LogP contribution in [0.15, 0.2) is 12.7 Å². The molecule has 2 amide bonds. The van der Waals surface area contributed by atoms with Crippen LogP contribution < -0.4 is 10.6 Å². The molecule has 124 valence electrons. The maximum atomic E-state index is 12.3. The summed E-state index contributed by atoms with van der Waals surface area (Å²) in [5.41, 5.74) is 0. The van der Waals surface area contributed by atoms with Gasteiger partial charge in [0, 0.05) is 6.92 Å². The molecule has 3 N–H and O–H groups in total. The Morgan fingerprint density at radius 1 is 1.32 bits per heavy atom. The summed E-state index contributed by atoms with van der Waals surface area (Å²) in [6.45, 7) is 4.87. The van der Waals surface area contributed by atoms with Gasteiger partial charge in [-0.1, -0.05) is 18.9 Å². The molecule has 0 aromatic carbocycles. The second-order valence-corrected chi connectivity index (χ2v) is 5.45. The van der Waals surface area contributed by atoms with Crippen molar-refractivity contribution in [3.8, 4) is 0 Å². The van der Waals surface area contributed by atoms with E-state index in [1.165, 1.54) is 13.0 Å². The standard InChI is InChI=1S/C15H24N2O5/c1-3-8-22-9-12(15(20)21)17-14(19)13(16-10(2)18)11-6-4-5-7-11/h3,11-13H,1,4-9H2,2H3,(H,16,18)(H,17,19)(H,20,21). The minimum absolute atomic E-state index is 0.0486. The fourth-order valence-corrected chi connectivity index (χ4v) is 2.61. The van der Waals surface area contributed by atoms with Crippen molar-refractivity contribution in [2.45, 2.75) is 44.7 Å². The average Bonchev–Trinajstić information content (AvgIpc) is 2.97. The first kappa shape index (κ1) is 18.2. The lowest BCUT2D eigenvalue weighted by Gasteiger charge is -2.25.